The fourth-order valence-electron chi connectivity index (χ4n) is 4.15. The van der Waals surface area contributed by atoms with E-state index in [9.17, 15) is 4.79 Å². The molecule has 122 valence electrons. The van der Waals surface area contributed by atoms with Crippen LogP contribution in [0.3, 0.4) is 0 Å². The fraction of sp³-hybridized carbons (Fsp3) is 0.611. The van der Waals surface area contributed by atoms with Gasteiger partial charge in [0.15, 0.2) is 0 Å². The van der Waals surface area contributed by atoms with Crippen LogP contribution in [0, 0.1) is 11.8 Å². The number of fused-ring (bicyclic) bond motifs is 2. The molecule has 1 aromatic carbocycles. The molecule has 2 unspecified atom stereocenters. The molecular weight excluding hydrogens is 296 g/mol. The van der Waals surface area contributed by atoms with Crippen LogP contribution < -0.4 is 11.1 Å². The predicted molar refractivity (Wildman–Crippen MR) is 92.4 cm³/mol. The Morgan fingerprint density at radius 1 is 1.18 bits per heavy atom. The molecule has 0 spiro atoms. The van der Waals surface area contributed by atoms with Crippen molar-refractivity contribution in [2.24, 2.45) is 17.6 Å². The SMILES string of the molecule is CCc1ccc(C(=O)NC2C3CCCC2CC(N)C3)cc1.Cl. The minimum atomic E-state index is 0. The molecule has 0 radical (unpaired) electrons. The number of hydrogen-bond donors (Lipinski definition) is 2. The third-order valence-electron chi connectivity index (χ3n) is 5.30. The lowest BCUT2D eigenvalue weighted by molar-refractivity contribution is 0.0756. The van der Waals surface area contributed by atoms with E-state index < -0.39 is 0 Å². The lowest BCUT2D eigenvalue weighted by Crippen LogP contribution is -2.53. The number of carbonyl (C=O) groups excluding carboxylic acids is 1. The first kappa shape index (κ1) is 17.3. The van der Waals surface area contributed by atoms with E-state index in [1.54, 1.807) is 0 Å². The van der Waals surface area contributed by atoms with Crippen molar-refractivity contribution in [3.8, 4) is 0 Å². The van der Waals surface area contributed by atoms with Gasteiger partial charge in [0.25, 0.3) is 5.91 Å². The van der Waals surface area contributed by atoms with Gasteiger partial charge in [0.05, 0.1) is 0 Å². The molecule has 2 bridgehead atoms. The maximum atomic E-state index is 12.5. The summed E-state index contributed by atoms with van der Waals surface area (Å²) in [6.45, 7) is 2.13. The second kappa shape index (κ2) is 7.47. The van der Waals surface area contributed by atoms with Crippen LogP contribution in [0.15, 0.2) is 24.3 Å². The van der Waals surface area contributed by atoms with E-state index in [1.807, 2.05) is 24.3 Å². The van der Waals surface area contributed by atoms with Gasteiger partial charge in [-0.05, 0) is 61.6 Å². The van der Waals surface area contributed by atoms with Crippen molar-refractivity contribution < 1.29 is 4.79 Å². The summed E-state index contributed by atoms with van der Waals surface area (Å²) in [6.07, 6.45) is 6.85. The molecule has 1 amide bonds. The molecule has 4 heteroatoms. The number of carbonyl (C=O) groups is 1. The zero-order valence-electron chi connectivity index (χ0n) is 13.3. The number of amides is 1. The Bertz CT molecular complexity index is 488. The van der Waals surface area contributed by atoms with Crippen molar-refractivity contribution in [2.45, 2.75) is 57.5 Å². The van der Waals surface area contributed by atoms with Crippen LogP contribution in [0.5, 0.6) is 0 Å². The maximum absolute atomic E-state index is 12.5. The van der Waals surface area contributed by atoms with E-state index >= 15 is 0 Å². The van der Waals surface area contributed by atoms with Gasteiger partial charge in [-0.2, -0.15) is 0 Å². The van der Waals surface area contributed by atoms with E-state index in [0.717, 1.165) is 24.8 Å². The number of halogens is 1. The fourth-order valence-corrected chi connectivity index (χ4v) is 4.15. The third-order valence-corrected chi connectivity index (χ3v) is 5.30. The standard InChI is InChI=1S/C18H26N2O.ClH/c1-2-12-6-8-13(9-7-12)18(21)20-17-14-4-3-5-15(17)11-16(19)10-14;/h6-9,14-17H,2-5,10-11,19H2,1H3,(H,20,21);1H. The van der Waals surface area contributed by atoms with Crippen molar-refractivity contribution in [3.63, 3.8) is 0 Å². The highest BCUT2D eigenvalue weighted by atomic mass is 35.5. The predicted octanol–water partition coefficient (Wildman–Crippen LogP) is 3.31. The third kappa shape index (κ3) is 3.64. The zero-order valence-corrected chi connectivity index (χ0v) is 14.1. The van der Waals surface area contributed by atoms with E-state index in [2.05, 4.69) is 12.2 Å². The summed E-state index contributed by atoms with van der Waals surface area (Å²) in [7, 11) is 0. The molecule has 2 atom stereocenters. The lowest BCUT2D eigenvalue weighted by Gasteiger charge is -2.45. The molecule has 1 aromatic rings. The van der Waals surface area contributed by atoms with Gasteiger partial charge in [-0.1, -0.05) is 25.5 Å². The molecule has 0 aromatic heterocycles. The number of aryl methyl sites for hydroxylation is 1. The van der Waals surface area contributed by atoms with E-state index in [1.165, 1.54) is 24.8 Å². The summed E-state index contributed by atoms with van der Waals surface area (Å²) in [5.41, 5.74) is 8.20. The Morgan fingerprint density at radius 3 is 2.32 bits per heavy atom. The summed E-state index contributed by atoms with van der Waals surface area (Å²) >= 11 is 0. The minimum Gasteiger partial charge on any atom is -0.349 e. The number of hydrogen-bond acceptors (Lipinski definition) is 2. The Hall–Kier alpha value is -1.06. The number of nitrogens with two attached hydrogens (primary N) is 1. The highest BCUT2D eigenvalue weighted by Crippen LogP contribution is 2.39. The van der Waals surface area contributed by atoms with Crippen molar-refractivity contribution in [3.05, 3.63) is 35.4 Å². The number of rotatable bonds is 3. The highest BCUT2D eigenvalue weighted by molar-refractivity contribution is 5.94. The van der Waals surface area contributed by atoms with Gasteiger partial charge in [-0.3, -0.25) is 4.79 Å². The van der Waals surface area contributed by atoms with Gasteiger partial charge in [0, 0.05) is 17.6 Å². The Balaban J connectivity index is 0.00000176. The lowest BCUT2D eigenvalue weighted by atomic mass is 9.67. The number of benzene rings is 1. The van der Waals surface area contributed by atoms with Crippen molar-refractivity contribution in [2.75, 3.05) is 0 Å². The van der Waals surface area contributed by atoms with E-state index in [4.69, 9.17) is 5.73 Å². The van der Waals surface area contributed by atoms with Crippen LogP contribution in [-0.4, -0.2) is 18.0 Å². The average Bonchev–Trinajstić information content (AvgIpc) is 2.48. The molecule has 2 fully saturated rings. The van der Waals surface area contributed by atoms with Gasteiger partial charge in [-0.15, -0.1) is 12.4 Å². The molecule has 2 aliphatic rings. The summed E-state index contributed by atoms with van der Waals surface area (Å²) in [5.74, 6) is 1.23. The van der Waals surface area contributed by atoms with Gasteiger partial charge in [0.1, 0.15) is 0 Å². The first-order valence-electron chi connectivity index (χ1n) is 8.32. The molecular formula is C18H27ClN2O. The van der Waals surface area contributed by atoms with Gasteiger partial charge >= 0.3 is 0 Å². The van der Waals surface area contributed by atoms with Crippen LogP contribution in [0.1, 0.15) is 54.9 Å². The van der Waals surface area contributed by atoms with E-state index in [0.29, 0.717) is 23.9 Å². The molecule has 0 aliphatic heterocycles. The molecule has 3 rings (SSSR count). The summed E-state index contributed by atoms with van der Waals surface area (Å²) < 4.78 is 0. The average molecular weight is 323 g/mol. The van der Waals surface area contributed by atoms with Crippen LogP contribution in [0.25, 0.3) is 0 Å². The second-order valence-corrected chi connectivity index (χ2v) is 6.73. The molecule has 3 N–H and O–H groups in total. The molecule has 3 nitrogen and oxygen atoms in total. The Kier molecular flexibility index (Phi) is 5.87. The van der Waals surface area contributed by atoms with Crippen LogP contribution in [-0.2, 0) is 6.42 Å². The highest BCUT2D eigenvalue weighted by Gasteiger charge is 2.39. The van der Waals surface area contributed by atoms with Gasteiger partial charge in [-0.25, -0.2) is 0 Å². The van der Waals surface area contributed by atoms with Crippen LogP contribution in [0.4, 0.5) is 0 Å². The smallest absolute Gasteiger partial charge is 0.251 e. The van der Waals surface area contributed by atoms with E-state index in [-0.39, 0.29) is 18.3 Å². The second-order valence-electron chi connectivity index (χ2n) is 6.73. The van der Waals surface area contributed by atoms with Gasteiger partial charge < -0.3 is 11.1 Å². The Labute approximate surface area is 139 Å². The van der Waals surface area contributed by atoms with Gasteiger partial charge in [0.2, 0.25) is 0 Å². The summed E-state index contributed by atoms with van der Waals surface area (Å²) in [6, 6.07) is 8.64. The number of nitrogens with one attached hydrogen (secondary N) is 1. The molecule has 2 saturated carbocycles. The topological polar surface area (TPSA) is 55.1 Å². The summed E-state index contributed by atoms with van der Waals surface area (Å²) in [5, 5.41) is 3.30. The zero-order chi connectivity index (χ0) is 14.8. The van der Waals surface area contributed by atoms with Crippen LogP contribution >= 0.6 is 12.4 Å². The van der Waals surface area contributed by atoms with Crippen LogP contribution in [0.2, 0.25) is 0 Å². The Morgan fingerprint density at radius 2 is 1.77 bits per heavy atom. The molecule has 2 aliphatic carbocycles. The molecule has 22 heavy (non-hydrogen) atoms. The molecule has 0 saturated heterocycles. The maximum Gasteiger partial charge on any atom is 0.251 e. The largest absolute Gasteiger partial charge is 0.349 e. The normalized spacial score (nSPS) is 30.3. The first-order chi connectivity index (χ1) is 10.2. The van der Waals surface area contributed by atoms with Crippen molar-refractivity contribution in [1.82, 2.24) is 5.32 Å². The quantitative estimate of drug-likeness (QED) is 0.897. The monoisotopic (exact) mass is 322 g/mol. The molecule has 0 heterocycles. The summed E-state index contributed by atoms with van der Waals surface area (Å²) in [4.78, 5) is 12.5. The van der Waals surface area contributed by atoms with Crippen molar-refractivity contribution in [1.29, 1.82) is 0 Å². The first-order valence-corrected chi connectivity index (χ1v) is 8.32. The van der Waals surface area contributed by atoms with Crippen molar-refractivity contribution >= 4 is 18.3 Å². The minimum absolute atomic E-state index is 0.